The molecule has 1 fully saturated rings. The quantitative estimate of drug-likeness (QED) is 0.416. The molecule has 2 rings (SSSR count). The summed E-state index contributed by atoms with van der Waals surface area (Å²) in [5.41, 5.74) is -1.18. The first-order valence-electron chi connectivity index (χ1n) is 9.51. The molecule has 1 atom stereocenters. The summed E-state index contributed by atoms with van der Waals surface area (Å²) in [6.45, 7) is 6.83. The number of rotatable bonds is 8. The Labute approximate surface area is 155 Å². The largest absolute Gasteiger partial charge is 0.463 e. The van der Waals surface area contributed by atoms with Gasteiger partial charge in [0.1, 0.15) is 17.1 Å². The number of carbonyl (C=O) groups is 1. The van der Waals surface area contributed by atoms with Crippen LogP contribution in [0.15, 0.2) is 21.5 Å². The smallest absolute Gasteiger partial charge is 0.221 e. The Balaban J connectivity index is 1.81. The molecule has 1 aliphatic carbocycles. The van der Waals surface area contributed by atoms with Crippen molar-refractivity contribution in [2.75, 3.05) is 19.6 Å². The molecule has 1 unspecified atom stereocenters. The third-order valence-electron chi connectivity index (χ3n) is 4.53. The molecule has 0 radical (unpaired) electrons. The van der Waals surface area contributed by atoms with Gasteiger partial charge in [0.2, 0.25) is 5.91 Å². The van der Waals surface area contributed by atoms with Crippen molar-refractivity contribution < 1.29 is 14.3 Å². The van der Waals surface area contributed by atoms with E-state index in [1.54, 1.807) is 13.0 Å². The van der Waals surface area contributed by atoms with Crippen LogP contribution < -0.4 is 16.0 Å². The zero-order chi connectivity index (χ0) is 19.0. The highest BCUT2D eigenvalue weighted by Gasteiger charge is 2.26. The fourth-order valence-electron chi connectivity index (χ4n) is 3.04. The Morgan fingerprint density at radius 3 is 2.69 bits per heavy atom. The number of aliphatic hydroxyl groups is 1. The average Bonchev–Trinajstić information content (AvgIpc) is 3.24. The van der Waals surface area contributed by atoms with Crippen LogP contribution in [0.25, 0.3) is 0 Å². The molecule has 1 aliphatic rings. The van der Waals surface area contributed by atoms with Crippen LogP contribution in [-0.4, -0.2) is 42.6 Å². The van der Waals surface area contributed by atoms with Crippen molar-refractivity contribution in [3.8, 4) is 0 Å². The molecular weight excluding hydrogens is 332 g/mol. The highest BCUT2D eigenvalue weighted by atomic mass is 16.4. The lowest BCUT2D eigenvalue weighted by molar-refractivity contribution is -0.121. The van der Waals surface area contributed by atoms with Gasteiger partial charge in [0.25, 0.3) is 0 Å². The van der Waals surface area contributed by atoms with Crippen LogP contribution in [-0.2, 0) is 10.4 Å². The van der Waals surface area contributed by atoms with Gasteiger partial charge in [-0.25, -0.2) is 4.99 Å². The van der Waals surface area contributed by atoms with Crippen molar-refractivity contribution in [3.63, 3.8) is 0 Å². The first-order valence-corrected chi connectivity index (χ1v) is 9.51. The van der Waals surface area contributed by atoms with E-state index in [1.807, 2.05) is 19.9 Å². The molecule has 0 aromatic carbocycles. The van der Waals surface area contributed by atoms with Gasteiger partial charge in [0, 0.05) is 25.6 Å². The fourth-order valence-corrected chi connectivity index (χ4v) is 3.04. The van der Waals surface area contributed by atoms with Gasteiger partial charge in [-0.1, -0.05) is 12.8 Å². The molecular formula is C19H32N4O3. The fraction of sp³-hybridized carbons (Fsp3) is 0.684. The Morgan fingerprint density at radius 2 is 2.08 bits per heavy atom. The Bertz CT molecular complexity index is 604. The first-order chi connectivity index (χ1) is 12.4. The lowest BCUT2D eigenvalue weighted by atomic mass is 10.0. The first kappa shape index (κ1) is 20.3. The minimum Gasteiger partial charge on any atom is -0.463 e. The van der Waals surface area contributed by atoms with E-state index in [9.17, 15) is 9.90 Å². The van der Waals surface area contributed by atoms with Crippen molar-refractivity contribution in [2.24, 2.45) is 4.99 Å². The predicted octanol–water partition coefficient (Wildman–Crippen LogP) is 1.80. The maximum Gasteiger partial charge on any atom is 0.221 e. The zero-order valence-electron chi connectivity index (χ0n) is 16.1. The van der Waals surface area contributed by atoms with Gasteiger partial charge < -0.3 is 25.5 Å². The molecule has 26 heavy (non-hydrogen) atoms. The van der Waals surface area contributed by atoms with Crippen molar-refractivity contribution >= 4 is 11.9 Å². The van der Waals surface area contributed by atoms with Crippen LogP contribution in [0.5, 0.6) is 0 Å². The van der Waals surface area contributed by atoms with E-state index in [0.717, 1.165) is 18.6 Å². The number of hydrogen-bond donors (Lipinski definition) is 4. The van der Waals surface area contributed by atoms with Crippen LogP contribution in [0, 0.1) is 6.92 Å². The number of carbonyl (C=O) groups excluding carboxylic acids is 1. The highest BCUT2D eigenvalue weighted by Crippen LogP contribution is 2.23. The second-order valence-electron chi connectivity index (χ2n) is 7.10. The molecule has 0 saturated heterocycles. The van der Waals surface area contributed by atoms with Crippen LogP contribution in [0.1, 0.15) is 57.5 Å². The Hall–Kier alpha value is -2.02. The predicted molar refractivity (Wildman–Crippen MR) is 102 cm³/mol. The monoisotopic (exact) mass is 364 g/mol. The van der Waals surface area contributed by atoms with Gasteiger partial charge in [0.15, 0.2) is 5.96 Å². The van der Waals surface area contributed by atoms with E-state index in [2.05, 4.69) is 20.9 Å². The molecule has 0 aliphatic heterocycles. The van der Waals surface area contributed by atoms with E-state index in [0.29, 0.717) is 37.3 Å². The van der Waals surface area contributed by atoms with Gasteiger partial charge in [-0.3, -0.25) is 4.79 Å². The van der Waals surface area contributed by atoms with Crippen molar-refractivity contribution in [1.82, 2.24) is 16.0 Å². The van der Waals surface area contributed by atoms with Gasteiger partial charge in [-0.05, 0) is 45.7 Å². The highest BCUT2D eigenvalue weighted by molar-refractivity contribution is 5.81. The van der Waals surface area contributed by atoms with Gasteiger partial charge >= 0.3 is 0 Å². The molecule has 1 aromatic rings. The normalized spacial score (nSPS) is 17.8. The molecule has 1 amide bonds. The summed E-state index contributed by atoms with van der Waals surface area (Å²) in [7, 11) is 0. The third-order valence-corrected chi connectivity index (χ3v) is 4.53. The number of guanidine groups is 1. The molecule has 0 spiro atoms. The zero-order valence-corrected chi connectivity index (χ0v) is 16.1. The lowest BCUT2D eigenvalue weighted by Crippen LogP contribution is -2.41. The standard InChI is InChI=1S/C19H32N4O3/c1-4-20-18(21-12-11-17(24)23-15-7-5-6-8-15)22-13-19(3,25)16-10-9-14(2)26-16/h9-10,15,25H,4-8,11-13H2,1-3H3,(H,23,24)(H2,20,21,22). The van der Waals surface area contributed by atoms with E-state index < -0.39 is 5.60 Å². The maximum atomic E-state index is 12.0. The van der Waals surface area contributed by atoms with Crippen molar-refractivity contribution in [2.45, 2.75) is 64.5 Å². The van der Waals surface area contributed by atoms with Crippen molar-refractivity contribution in [3.05, 3.63) is 23.7 Å². The summed E-state index contributed by atoms with van der Waals surface area (Å²) >= 11 is 0. The molecule has 1 aromatic heterocycles. The topological polar surface area (TPSA) is 98.9 Å². The number of nitrogens with zero attached hydrogens (tertiary/aromatic N) is 1. The van der Waals surface area contributed by atoms with E-state index in [4.69, 9.17) is 4.42 Å². The van der Waals surface area contributed by atoms with Crippen LogP contribution in [0.3, 0.4) is 0 Å². The minimum absolute atomic E-state index is 0.0679. The number of hydrogen-bond acceptors (Lipinski definition) is 4. The summed E-state index contributed by atoms with van der Waals surface area (Å²) < 4.78 is 5.50. The SMILES string of the molecule is CCNC(=NCC(C)(O)c1ccc(C)o1)NCCC(=O)NC1CCCC1. The summed E-state index contributed by atoms with van der Waals surface area (Å²) in [6.07, 6.45) is 4.98. The van der Waals surface area contributed by atoms with Crippen molar-refractivity contribution in [1.29, 1.82) is 0 Å². The summed E-state index contributed by atoms with van der Waals surface area (Å²) in [5.74, 6) is 1.89. The third kappa shape index (κ3) is 6.37. The van der Waals surface area contributed by atoms with Crippen LogP contribution >= 0.6 is 0 Å². The summed E-state index contributed by atoms with van der Waals surface area (Å²) in [5, 5.41) is 19.9. The summed E-state index contributed by atoms with van der Waals surface area (Å²) in [4.78, 5) is 16.4. The van der Waals surface area contributed by atoms with Gasteiger partial charge in [-0.2, -0.15) is 0 Å². The molecule has 0 bridgehead atoms. The van der Waals surface area contributed by atoms with Crippen LogP contribution in [0.2, 0.25) is 0 Å². The molecule has 4 N–H and O–H groups in total. The minimum atomic E-state index is -1.18. The second-order valence-corrected chi connectivity index (χ2v) is 7.10. The number of aliphatic imine (C=N–C) groups is 1. The van der Waals surface area contributed by atoms with E-state index in [1.165, 1.54) is 12.8 Å². The van der Waals surface area contributed by atoms with Gasteiger partial charge in [0.05, 0.1) is 6.54 Å². The number of furan rings is 1. The Morgan fingerprint density at radius 1 is 1.35 bits per heavy atom. The van der Waals surface area contributed by atoms with E-state index in [-0.39, 0.29) is 12.5 Å². The number of aryl methyl sites for hydroxylation is 1. The maximum absolute atomic E-state index is 12.0. The molecule has 7 heteroatoms. The second kappa shape index (κ2) is 9.62. The lowest BCUT2D eigenvalue weighted by Gasteiger charge is -2.20. The molecule has 146 valence electrons. The van der Waals surface area contributed by atoms with Gasteiger partial charge in [-0.15, -0.1) is 0 Å². The Kier molecular flexibility index (Phi) is 7.50. The van der Waals surface area contributed by atoms with Crippen LogP contribution in [0.4, 0.5) is 0 Å². The number of nitrogens with one attached hydrogen (secondary N) is 3. The van der Waals surface area contributed by atoms with E-state index >= 15 is 0 Å². The molecule has 1 heterocycles. The average molecular weight is 364 g/mol. The number of amides is 1. The molecule has 1 saturated carbocycles. The molecule has 7 nitrogen and oxygen atoms in total. The summed E-state index contributed by atoms with van der Waals surface area (Å²) in [6, 6.07) is 3.93.